The van der Waals surface area contributed by atoms with Crippen LogP contribution in [0.5, 0.6) is 5.75 Å². The van der Waals surface area contributed by atoms with Gasteiger partial charge in [-0.15, -0.1) is 0 Å². The third-order valence-electron chi connectivity index (χ3n) is 5.87. The molecule has 5 atom stereocenters. The molecule has 2 aromatic rings. The molecule has 1 aromatic heterocycles. The fourth-order valence-corrected chi connectivity index (χ4v) is 4.63. The molecule has 1 unspecified atom stereocenters. The summed E-state index contributed by atoms with van der Waals surface area (Å²) in [6.07, 6.45) is 3.93. The second kappa shape index (κ2) is 4.62. The van der Waals surface area contributed by atoms with Gasteiger partial charge in [-0.25, -0.2) is 23.5 Å². The van der Waals surface area contributed by atoms with Crippen molar-refractivity contribution in [3.05, 3.63) is 62.9 Å². The molecule has 2 aliphatic carbocycles. The first-order chi connectivity index (χ1) is 12.0. The summed E-state index contributed by atoms with van der Waals surface area (Å²) in [5.74, 6) is 0.799. The van der Waals surface area contributed by atoms with Crippen LogP contribution in [0.1, 0.15) is 22.4 Å². The van der Waals surface area contributed by atoms with Crippen LogP contribution in [0.25, 0.3) is 0 Å². The van der Waals surface area contributed by atoms with Gasteiger partial charge in [0.2, 0.25) is 0 Å². The lowest BCUT2D eigenvalue weighted by Crippen LogP contribution is -2.40. The van der Waals surface area contributed by atoms with Crippen LogP contribution in [0.2, 0.25) is 0 Å². The lowest BCUT2D eigenvalue weighted by Gasteiger charge is -2.32. The maximum atomic E-state index is 13.0. The third kappa shape index (κ3) is 1.67. The Labute approximate surface area is 142 Å². The van der Waals surface area contributed by atoms with Crippen molar-refractivity contribution >= 4 is 5.78 Å². The van der Waals surface area contributed by atoms with Gasteiger partial charge in [0.1, 0.15) is 5.75 Å². The summed E-state index contributed by atoms with van der Waals surface area (Å²) in [7, 11) is 3.08. The third-order valence-corrected chi connectivity index (χ3v) is 5.87. The molecule has 0 spiro atoms. The van der Waals surface area contributed by atoms with Gasteiger partial charge in [-0.1, -0.05) is 12.2 Å². The Bertz CT molecular complexity index is 988. The van der Waals surface area contributed by atoms with Crippen LogP contribution in [0.4, 0.5) is 0 Å². The number of hydrogen-bond acceptors (Lipinski definition) is 4. The van der Waals surface area contributed by atoms with E-state index < -0.39 is 0 Å². The molecule has 7 heteroatoms. The summed E-state index contributed by atoms with van der Waals surface area (Å²) >= 11 is 0. The Kier molecular flexibility index (Phi) is 2.68. The van der Waals surface area contributed by atoms with Crippen LogP contribution in [-0.4, -0.2) is 26.8 Å². The number of hydrogen-bond donors (Lipinski definition) is 0. The van der Waals surface area contributed by atoms with Crippen LogP contribution in [0.3, 0.4) is 0 Å². The predicted octanol–water partition coefficient (Wildman–Crippen LogP) is 0.768. The molecule has 0 radical (unpaired) electrons. The van der Waals surface area contributed by atoms with Crippen LogP contribution >= 0.6 is 0 Å². The molecule has 7 nitrogen and oxygen atoms in total. The van der Waals surface area contributed by atoms with Gasteiger partial charge in [0, 0.05) is 30.4 Å². The van der Waals surface area contributed by atoms with E-state index in [9.17, 15) is 14.4 Å². The van der Waals surface area contributed by atoms with Crippen LogP contribution in [-0.2, 0) is 7.05 Å². The van der Waals surface area contributed by atoms with Gasteiger partial charge in [0.05, 0.1) is 19.2 Å². The summed E-state index contributed by atoms with van der Waals surface area (Å²) < 4.78 is 9.32. The van der Waals surface area contributed by atoms with Gasteiger partial charge in [-0.2, -0.15) is 0 Å². The first-order valence-electron chi connectivity index (χ1n) is 8.31. The van der Waals surface area contributed by atoms with Crippen molar-refractivity contribution in [1.82, 2.24) is 13.9 Å². The zero-order valence-electron chi connectivity index (χ0n) is 13.8. The topological polar surface area (TPSA) is 75.2 Å². The largest absolute Gasteiger partial charge is 0.497 e. The molecule has 1 aromatic carbocycles. The maximum absolute atomic E-state index is 13.0. The van der Waals surface area contributed by atoms with Gasteiger partial charge in [0.25, 0.3) is 0 Å². The van der Waals surface area contributed by atoms with Crippen LogP contribution in [0.15, 0.2) is 46.0 Å². The fourth-order valence-electron chi connectivity index (χ4n) is 4.63. The number of rotatable bonds is 3. The summed E-state index contributed by atoms with van der Waals surface area (Å²) in [4.78, 5) is 37.7. The Balaban J connectivity index is 1.52. The molecule has 2 aliphatic heterocycles. The summed E-state index contributed by atoms with van der Waals surface area (Å²) in [6.45, 7) is 0. The van der Waals surface area contributed by atoms with Crippen molar-refractivity contribution in [3.63, 3.8) is 0 Å². The predicted molar refractivity (Wildman–Crippen MR) is 88.9 cm³/mol. The molecule has 2 bridgehead atoms. The van der Waals surface area contributed by atoms with Gasteiger partial charge in [-0.3, -0.25) is 4.79 Å². The summed E-state index contributed by atoms with van der Waals surface area (Å²) in [5.41, 5.74) is 0.0141. The molecule has 0 amide bonds. The van der Waals surface area contributed by atoms with Gasteiger partial charge >= 0.3 is 11.4 Å². The number of methoxy groups -OCH3 is 1. The quantitative estimate of drug-likeness (QED) is 0.611. The smallest absolute Gasteiger partial charge is 0.347 e. The van der Waals surface area contributed by atoms with Crippen LogP contribution < -0.4 is 16.1 Å². The van der Waals surface area contributed by atoms with Crippen LogP contribution in [0, 0.1) is 17.8 Å². The standard InChI is InChI=1S/C18H17N3O4/c1-19-17(23)20-11-7-8-12(21(20)18(19)24)14-13(11)15(14)16(22)9-3-5-10(25-2)6-4-9/h3-8,11-15H,1-2H3/t11-,12+,13+,14-,15?. The highest BCUT2D eigenvalue weighted by molar-refractivity contribution is 6.00. The highest BCUT2D eigenvalue weighted by Gasteiger charge is 2.66. The van der Waals surface area contributed by atoms with Crippen molar-refractivity contribution in [2.45, 2.75) is 12.1 Å². The average molecular weight is 339 g/mol. The minimum Gasteiger partial charge on any atom is -0.497 e. The van der Waals surface area contributed by atoms with E-state index in [2.05, 4.69) is 0 Å². The van der Waals surface area contributed by atoms with E-state index >= 15 is 0 Å². The van der Waals surface area contributed by atoms with Crippen molar-refractivity contribution < 1.29 is 9.53 Å². The Morgan fingerprint density at radius 2 is 1.48 bits per heavy atom. The minimum absolute atomic E-state index is 0.0759. The molecule has 0 saturated heterocycles. The van der Waals surface area contributed by atoms with E-state index in [0.717, 1.165) is 4.57 Å². The molecule has 1 saturated carbocycles. The minimum atomic E-state index is -0.314. The second-order valence-corrected chi connectivity index (χ2v) is 6.95. The van der Waals surface area contributed by atoms with Gasteiger partial charge in [-0.05, 0) is 24.3 Å². The van der Waals surface area contributed by atoms with E-state index in [0.29, 0.717) is 11.3 Å². The highest BCUT2D eigenvalue weighted by atomic mass is 16.5. The summed E-state index contributed by atoms with van der Waals surface area (Å²) in [5, 5.41) is 0. The number of allylic oxidation sites excluding steroid dienone is 2. The molecule has 25 heavy (non-hydrogen) atoms. The molecule has 1 fully saturated rings. The first-order valence-corrected chi connectivity index (χ1v) is 8.31. The number of carbonyl (C=O) groups is 1. The van der Waals surface area contributed by atoms with Crippen molar-refractivity contribution in [3.8, 4) is 5.75 Å². The monoisotopic (exact) mass is 339 g/mol. The highest BCUT2D eigenvalue weighted by Crippen LogP contribution is 2.64. The van der Waals surface area contributed by atoms with Gasteiger partial charge < -0.3 is 4.74 Å². The van der Waals surface area contributed by atoms with E-state index in [-0.39, 0.29) is 47.0 Å². The Hall–Kier alpha value is -2.83. The van der Waals surface area contributed by atoms with Crippen molar-refractivity contribution in [2.75, 3.05) is 7.11 Å². The number of nitrogens with zero attached hydrogens (tertiary/aromatic N) is 3. The Morgan fingerprint density at radius 1 is 0.960 bits per heavy atom. The normalized spacial score (nSPS) is 30.7. The molecule has 4 aliphatic rings. The van der Waals surface area contributed by atoms with E-state index in [1.54, 1.807) is 31.4 Å². The van der Waals surface area contributed by atoms with Gasteiger partial charge in [0.15, 0.2) is 5.78 Å². The molecular weight excluding hydrogens is 322 g/mol. The van der Waals surface area contributed by atoms with E-state index in [1.165, 1.54) is 16.4 Å². The zero-order valence-corrected chi connectivity index (χ0v) is 13.8. The first kappa shape index (κ1) is 14.5. The number of ether oxygens (including phenoxy) is 1. The lowest BCUT2D eigenvalue weighted by molar-refractivity contribution is 0.0954. The van der Waals surface area contributed by atoms with Crippen molar-refractivity contribution in [1.29, 1.82) is 0 Å². The number of ketones is 1. The second-order valence-electron chi connectivity index (χ2n) is 6.95. The Morgan fingerprint density at radius 3 is 1.96 bits per heavy atom. The number of Topliss-reactive ketones (excluding diaryl/α,β-unsaturated/α-hetero) is 1. The summed E-state index contributed by atoms with van der Waals surface area (Å²) in [6, 6.07) is 6.65. The molecule has 3 heterocycles. The zero-order chi connectivity index (χ0) is 17.5. The van der Waals surface area contributed by atoms with E-state index in [1.807, 2.05) is 12.2 Å². The fraction of sp³-hybridized carbons (Fsp3) is 0.389. The lowest BCUT2D eigenvalue weighted by atomic mass is 9.96. The molecule has 128 valence electrons. The SMILES string of the molecule is COc1ccc(C(=O)C2[C@@H]3[C@H]2[C@@H]2C=C[C@H]3n3c(=O)n(C)c(=O)n32)cc1. The number of aromatic nitrogens is 3. The molecule has 6 rings (SSSR count). The number of benzene rings is 1. The maximum Gasteiger partial charge on any atom is 0.347 e. The average Bonchev–Trinajstić information content (AvgIpc) is 3.38. The molecular formula is C18H17N3O4. The van der Waals surface area contributed by atoms with Crippen molar-refractivity contribution in [2.24, 2.45) is 24.8 Å². The number of carbonyl (C=O) groups excluding carboxylic acids is 1. The van der Waals surface area contributed by atoms with E-state index in [4.69, 9.17) is 4.74 Å². The molecule has 0 N–H and O–H groups in total.